The van der Waals surface area contributed by atoms with Gasteiger partial charge < -0.3 is 0 Å². The fourth-order valence-corrected chi connectivity index (χ4v) is 1.19. The molecule has 1 heterocycles. The third-order valence-corrected chi connectivity index (χ3v) is 3.53. The van der Waals surface area contributed by atoms with Crippen molar-refractivity contribution >= 4 is 16.0 Å². The van der Waals surface area contributed by atoms with Crippen LogP contribution in [0.1, 0.15) is 20.8 Å². The zero-order chi connectivity index (χ0) is 10.1. The highest BCUT2D eigenvalue weighted by Gasteiger charge is 2.29. The van der Waals surface area contributed by atoms with E-state index < -0.39 is 14.8 Å². The number of aromatic amines is 1. The normalized spacial score (nSPS) is 12.8. The number of sulfonamides is 1. The monoisotopic (exact) mass is 204 g/mol. The molecular formula is C6H12N4O2S. The first-order valence-corrected chi connectivity index (χ1v) is 5.19. The largest absolute Gasteiger partial charge is 0.251 e. The summed E-state index contributed by atoms with van der Waals surface area (Å²) in [6.07, 6.45) is 1.24. The lowest BCUT2D eigenvalue weighted by molar-refractivity contribution is 0.565. The van der Waals surface area contributed by atoms with Crippen LogP contribution in [-0.2, 0) is 10.0 Å². The summed E-state index contributed by atoms with van der Waals surface area (Å²) in [6, 6.07) is 0. The molecule has 0 radical (unpaired) electrons. The highest BCUT2D eigenvalue weighted by atomic mass is 32.2. The summed E-state index contributed by atoms with van der Waals surface area (Å²) >= 11 is 0. The molecule has 0 fully saturated rings. The molecule has 0 saturated heterocycles. The third kappa shape index (κ3) is 2.18. The second-order valence-corrected chi connectivity index (χ2v) is 5.99. The number of nitrogens with one attached hydrogen (secondary N) is 2. The van der Waals surface area contributed by atoms with E-state index in [1.807, 2.05) is 0 Å². The lowest BCUT2D eigenvalue weighted by Crippen LogP contribution is -2.34. The molecule has 1 aromatic heterocycles. The number of hydrogen-bond acceptors (Lipinski definition) is 4. The van der Waals surface area contributed by atoms with Crippen LogP contribution in [0, 0.1) is 0 Å². The minimum atomic E-state index is -3.40. The van der Waals surface area contributed by atoms with Crippen molar-refractivity contribution < 1.29 is 8.42 Å². The van der Waals surface area contributed by atoms with Gasteiger partial charge in [-0.05, 0) is 20.8 Å². The summed E-state index contributed by atoms with van der Waals surface area (Å²) in [5.41, 5.74) is 0. The Kier molecular flexibility index (Phi) is 2.29. The topological polar surface area (TPSA) is 87.7 Å². The molecule has 0 amide bonds. The van der Waals surface area contributed by atoms with Gasteiger partial charge in [0, 0.05) is 0 Å². The average Bonchev–Trinajstić information content (AvgIpc) is 2.35. The molecule has 0 unspecified atom stereocenters. The maximum atomic E-state index is 11.5. The SMILES string of the molecule is CC(C)(C)S(=O)(=O)Nc1ncn[nH]1. The van der Waals surface area contributed by atoms with Crippen LogP contribution in [0.3, 0.4) is 0 Å². The maximum absolute atomic E-state index is 11.5. The van der Waals surface area contributed by atoms with Crippen LogP contribution in [0.4, 0.5) is 5.95 Å². The lowest BCUT2D eigenvalue weighted by atomic mass is 10.3. The van der Waals surface area contributed by atoms with Gasteiger partial charge in [-0.25, -0.2) is 13.5 Å². The molecule has 6 nitrogen and oxygen atoms in total. The van der Waals surface area contributed by atoms with Gasteiger partial charge in [-0.15, -0.1) is 0 Å². The van der Waals surface area contributed by atoms with E-state index in [-0.39, 0.29) is 5.95 Å². The quantitative estimate of drug-likeness (QED) is 0.727. The van der Waals surface area contributed by atoms with Gasteiger partial charge in [-0.3, -0.25) is 4.72 Å². The summed E-state index contributed by atoms with van der Waals surface area (Å²) in [5.74, 6) is 0.134. The number of rotatable bonds is 2. The zero-order valence-electron chi connectivity index (χ0n) is 7.70. The van der Waals surface area contributed by atoms with Crippen LogP contribution in [0.15, 0.2) is 6.33 Å². The molecule has 13 heavy (non-hydrogen) atoms. The maximum Gasteiger partial charge on any atom is 0.239 e. The van der Waals surface area contributed by atoms with Crippen LogP contribution >= 0.6 is 0 Å². The van der Waals surface area contributed by atoms with E-state index in [4.69, 9.17) is 0 Å². The zero-order valence-corrected chi connectivity index (χ0v) is 8.51. The summed E-state index contributed by atoms with van der Waals surface area (Å²) in [5, 5.41) is 5.94. The molecule has 1 aromatic rings. The van der Waals surface area contributed by atoms with E-state index >= 15 is 0 Å². The van der Waals surface area contributed by atoms with E-state index in [0.717, 1.165) is 0 Å². The predicted molar refractivity (Wildman–Crippen MR) is 48.7 cm³/mol. The van der Waals surface area contributed by atoms with E-state index in [1.165, 1.54) is 6.33 Å². The molecule has 0 saturated carbocycles. The van der Waals surface area contributed by atoms with E-state index in [2.05, 4.69) is 19.9 Å². The van der Waals surface area contributed by atoms with Crippen molar-refractivity contribution in [3.05, 3.63) is 6.33 Å². The van der Waals surface area contributed by atoms with Crippen molar-refractivity contribution in [1.82, 2.24) is 15.2 Å². The predicted octanol–water partition coefficient (Wildman–Crippen LogP) is 0.345. The van der Waals surface area contributed by atoms with Crippen molar-refractivity contribution in [2.45, 2.75) is 25.5 Å². The Balaban J connectivity index is 2.87. The minimum Gasteiger partial charge on any atom is -0.251 e. The van der Waals surface area contributed by atoms with Crippen molar-refractivity contribution in [2.75, 3.05) is 4.72 Å². The smallest absolute Gasteiger partial charge is 0.239 e. The molecule has 0 spiro atoms. The van der Waals surface area contributed by atoms with E-state index in [0.29, 0.717) is 0 Å². The molecule has 1 rings (SSSR count). The lowest BCUT2D eigenvalue weighted by Gasteiger charge is -2.18. The Morgan fingerprint density at radius 1 is 1.46 bits per heavy atom. The highest BCUT2D eigenvalue weighted by molar-refractivity contribution is 7.94. The van der Waals surface area contributed by atoms with Crippen LogP contribution in [0.2, 0.25) is 0 Å². The molecule has 0 aliphatic carbocycles. The van der Waals surface area contributed by atoms with E-state index in [1.54, 1.807) is 20.8 Å². The number of aromatic nitrogens is 3. The van der Waals surface area contributed by atoms with Crippen LogP contribution in [0.25, 0.3) is 0 Å². The molecule has 0 bridgehead atoms. The third-order valence-electron chi connectivity index (χ3n) is 1.45. The Hall–Kier alpha value is -1.11. The molecule has 74 valence electrons. The highest BCUT2D eigenvalue weighted by Crippen LogP contribution is 2.16. The summed E-state index contributed by atoms with van der Waals surface area (Å²) in [4.78, 5) is 3.66. The summed E-state index contributed by atoms with van der Waals surface area (Å²) in [6.45, 7) is 4.81. The second kappa shape index (κ2) is 2.99. The standard InChI is InChI=1S/C6H12N4O2S/c1-6(2,3)13(11,12)10-5-7-4-8-9-5/h4H,1-3H3,(H2,7,8,9,10). The van der Waals surface area contributed by atoms with Gasteiger partial charge in [-0.2, -0.15) is 10.1 Å². The van der Waals surface area contributed by atoms with Crippen LogP contribution < -0.4 is 4.72 Å². The first-order chi connectivity index (χ1) is 5.83. The van der Waals surface area contributed by atoms with Crippen molar-refractivity contribution in [2.24, 2.45) is 0 Å². The molecule has 0 aliphatic rings. The summed E-state index contributed by atoms with van der Waals surface area (Å²) < 4.78 is 24.5. The van der Waals surface area contributed by atoms with Crippen molar-refractivity contribution in [3.8, 4) is 0 Å². The molecule has 0 aromatic carbocycles. The van der Waals surface area contributed by atoms with Gasteiger partial charge in [0.1, 0.15) is 6.33 Å². The Morgan fingerprint density at radius 3 is 2.46 bits per heavy atom. The van der Waals surface area contributed by atoms with Crippen LogP contribution in [-0.4, -0.2) is 28.3 Å². The van der Waals surface area contributed by atoms with Crippen LogP contribution in [0.5, 0.6) is 0 Å². The Morgan fingerprint density at radius 2 is 2.08 bits per heavy atom. The van der Waals surface area contributed by atoms with Crippen molar-refractivity contribution in [1.29, 1.82) is 0 Å². The Labute approximate surface area is 76.8 Å². The Bertz CT molecular complexity index is 362. The molecular weight excluding hydrogens is 192 g/mol. The van der Waals surface area contributed by atoms with Gasteiger partial charge in [0.05, 0.1) is 4.75 Å². The average molecular weight is 204 g/mol. The molecule has 7 heteroatoms. The fraction of sp³-hybridized carbons (Fsp3) is 0.667. The summed E-state index contributed by atoms with van der Waals surface area (Å²) in [7, 11) is -3.40. The van der Waals surface area contributed by atoms with Gasteiger partial charge in [0.15, 0.2) is 0 Å². The molecule has 0 aliphatic heterocycles. The fourth-order valence-electron chi connectivity index (χ4n) is 0.535. The first kappa shape index (κ1) is 9.97. The van der Waals surface area contributed by atoms with Gasteiger partial charge >= 0.3 is 0 Å². The van der Waals surface area contributed by atoms with E-state index in [9.17, 15) is 8.42 Å². The second-order valence-electron chi connectivity index (χ2n) is 3.55. The number of hydrogen-bond donors (Lipinski definition) is 2. The molecule has 0 atom stereocenters. The number of nitrogens with zero attached hydrogens (tertiary/aromatic N) is 2. The number of anilines is 1. The van der Waals surface area contributed by atoms with Gasteiger partial charge in [-0.1, -0.05) is 0 Å². The van der Waals surface area contributed by atoms with Crippen molar-refractivity contribution in [3.63, 3.8) is 0 Å². The van der Waals surface area contributed by atoms with Gasteiger partial charge in [0.2, 0.25) is 16.0 Å². The molecule has 2 N–H and O–H groups in total. The minimum absolute atomic E-state index is 0.134. The first-order valence-electron chi connectivity index (χ1n) is 3.71. The number of H-pyrrole nitrogens is 1. The van der Waals surface area contributed by atoms with Gasteiger partial charge in [0.25, 0.3) is 0 Å².